The van der Waals surface area contributed by atoms with Gasteiger partial charge in [-0.25, -0.2) is 0 Å². The lowest BCUT2D eigenvalue weighted by molar-refractivity contribution is 1.40. The number of rotatable bonds is 3. The van der Waals surface area contributed by atoms with Crippen molar-refractivity contribution >= 4 is 23.1 Å². The molecule has 0 spiro atoms. The zero-order valence-corrected chi connectivity index (χ0v) is 11.3. The SMILES string of the molecule is [c]1ccc(Sc2ccc(-c3ccsc3)cc2)cc1. The van der Waals surface area contributed by atoms with Crippen LogP contribution in [0.5, 0.6) is 0 Å². The van der Waals surface area contributed by atoms with E-state index in [1.807, 2.05) is 12.1 Å². The van der Waals surface area contributed by atoms with Crippen molar-refractivity contribution in [2.75, 3.05) is 0 Å². The van der Waals surface area contributed by atoms with Gasteiger partial charge in [0.2, 0.25) is 0 Å². The molecule has 3 aromatic rings. The zero-order chi connectivity index (χ0) is 12.2. The molecule has 0 aliphatic rings. The van der Waals surface area contributed by atoms with Crippen LogP contribution in [0.3, 0.4) is 0 Å². The van der Waals surface area contributed by atoms with E-state index in [4.69, 9.17) is 0 Å². The van der Waals surface area contributed by atoms with Crippen molar-refractivity contribution in [1.29, 1.82) is 0 Å². The van der Waals surface area contributed by atoms with Crippen LogP contribution in [0.25, 0.3) is 11.1 Å². The Bertz CT molecular complexity index is 595. The third-order valence-corrected chi connectivity index (χ3v) is 4.33. The molecule has 87 valence electrons. The molecule has 0 amide bonds. The van der Waals surface area contributed by atoms with Gasteiger partial charge in [0, 0.05) is 9.79 Å². The maximum Gasteiger partial charge on any atom is 0.0122 e. The molecule has 0 aliphatic carbocycles. The molecule has 2 aromatic carbocycles. The van der Waals surface area contributed by atoms with Crippen LogP contribution in [0.4, 0.5) is 0 Å². The second kappa shape index (κ2) is 5.42. The van der Waals surface area contributed by atoms with E-state index in [1.54, 1.807) is 23.1 Å². The summed E-state index contributed by atoms with van der Waals surface area (Å²) >= 11 is 3.51. The summed E-state index contributed by atoms with van der Waals surface area (Å²) in [6, 6.07) is 22.0. The van der Waals surface area contributed by atoms with Gasteiger partial charge >= 0.3 is 0 Å². The molecule has 0 fully saturated rings. The number of thiophene rings is 1. The second-order valence-corrected chi connectivity index (χ2v) is 5.80. The normalized spacial score (nSPS) is 10.4. The minimum Gasteiger partial charge on any atom is -0.152 e. The van der Waals surface area contributed by atoms with Gasteiger partial charge in [-0.2, -0.15) is 11.3 Å². The number of benzene rings is 2. The first-order chi connectivity index (χ1) is 8.92. The Morgan fingerprint density at radius 1 is 0.778 bits per heavy atom. The lowest BCUT2D eigenvalue weighted by Crippen LogP contribution is -1.75. The van der Waals surface area contributed by atoms with E-state index in [1.165, 1.54) is 20.9 Å². The van der Waals surface area contributed by atoms with Crippen molar-refractivity contribution < 1.29 is 0 Å². The molecule has 0 saturated heterocycles. The van der Waals surface area contributed by atoms with Gasteiger partial charge in [-0.05, 0) is 58.3 Å². The highest BCUT2D eigenvalue weighted by Crippen LogP contribution is 2.29. The number of hydrogen-bond acceptors (Lipinski definition) is 2. The summed E-state index contributed by atoms with van der Waals surface area (Å²) in [5.41, 5.74) is 2.58. The summed E-state index contributed by atoms with van der Waals surface area (Å²) in [7, 11) is 0. The highest BCUT2D eigenvalue weighted by molar-refractivity contribution is 7.99. The van der Waals surface area contributed by atoms with Crippen LogP contribution in [0.2, 0.25) is 0 Å². The van der Waals surface area contributed by atoms with E-state index < -0.39 is 0 Å². The summed E-state index contributed by atoms with van der Waals surface area (Å²) < 4.78 is 0. The largest absolute Gasteiger partial charge is 0.152 e. The van der Waals surface area contributed by atoms with Gasteiger partial charge < -0.3 is 0 Å². The standard InChI is InChI=1S/C16H11S2/c1-2-4-15(5-3-1)18-16-8-6-13(7-9-16)14-10-11-17-12-14/h2-12H. The molecule has 0 aliphatic heterocycles. The molecule has 2 heteroatoms. The van der Waals surface area contributed by atoms with Gasteiger partial charge in [0.15, 0.2) is 0 Å². The summed E-state index contributed by atoms with van der Waals surface area (Å²) in [6.45, 7) is 0. The third-order valence-electron chi connectivity index (χ3n) is 2.63. The van der Waals surface area contributed by atoms with E-state index in [9.17, 15) is 0 Å². The fourth-order valence-electron chi connectivity index (χ4n) is 1.72. The molecule has 1 radical (unpaired) electrons. The smallest absolute Gasteiger partial charge is 0.0122 e. The Kier molecular flexibility index (Phi) is 3.49. The van der Waals surface area contributed by atoms with Crippen LogP contribution in [0.15, 0.2) is 75.1 Å². The Hall–Kier alpha value is -1.51. The highest BCUT2D eigenvalue weighted by atomic mass is 32.2. The Balaban J connectivity index is 1.80. The van der Waals surface area contributed by atoms with Crippen LogP contribution in [-0.4, -0.2) is 0 Å². The van der Waals surface area contributed by atoms with Crippen LogP contribution in [-0.2, 0) is 0 Å². The van der Waals surface area contributed by atoms with Crippen molar-refractivity contribution in [2.45, 2.75) is 9.79 Å². The topological polar surface area (TPSA) is 0 Å². The fraction of sp³-hybridized carbons (Fsp3) is 0. The van der Waals surface area contributed by atoms with Gasteiger partial charge in [0.05, 0.1) is 0 Å². The van der Waals surface area contributed by atoms with Gasteiger partial charge in [0.25, 0.3) is 0 Å². The van der Waals surface area contributed by atoms with E-state index in [-0.39, 0.29) is 0 Å². The highest BCUT2D eigenvalue weighted by Gasteiger charge is 1.99. The van der Waals surface area contributed by atoms with Crippen molar-refractivity contribution in [1.82, 2.24) is 0 Å². The monoisotopic (exact) mass is 267 g/mol. The van der Waals surface area contributed by atoms with Gasteiger partial charge in [-0.1, -0.05) is 36.0 Å². The van der Waals surface area contributed by atoms with E-state index in [2.05, 4.69) is 59.3 Å². The zero-order valence-electron chi connectivity index (χ0n) is 9.67. The predicted molar refractivity (Wildman–Crippen MR) is 79.2 cm³/mol. The second-order valence-electron chi connectivity index (χ2n) is 3.87. The summed E-state index contributed by atoms with van der Waals surface area (Å²) in [5.74, 6) is 0. The Morgan fingerprint density at radius 3 is 2.17 bits per heavy atom. The molecule has 18 heavy (non-hydrogen) atoms. The summed E-state index contributed by atoms with van der Waals surface area (Å²) in [6.07, 6.45) is 0. The van der Waals surface area contributed by atoms with Gasteiger partial charge in [-0.3, -0.25) is 0 Å². The van der Waals surface area contributed by atoms with Crippen molar-refractivity contribution in [3.05, 3.63) is 71.4 Å². The van der Waals surface area contributed by atoms with E-state index in [0.717, 1.165) is 0 Å². The fourth-order valence-corrected chi connectivity index (χ4v) is 3.20. The lowest BCUT2D eigenvalue weighted by Gasteiger charge is -2.03. The molecule has 0 saturated carbocycles. The molecular weight excluding hydrogens is 256 g/mol. The molecule has 0 unspecified atom stereocenters. The first-order valence-corrected chi connectivity index (χ1v) is 7.44. The summed E-state index contributed by atoms with van der Waals surface area (Å²) in [4.78, 5) is 2.51. The lowest BCUT2D eigenvalue weighted by atomic mass is 10.1. The molecule has 0 N–H and O–H groups in total. The molecule has 1 heterocycles. The number of hydrogen-bond donors (Lipinski definition) is 0. The van der Waals surface area contributed by atoms with Crippen molar-refractivity contribution in [3.63, 3.8) is 0 Å². The van der Waals surface area contributed by atoms with Crippen molar-refractivity contribution in [2.24, 2.45) is 0 Å². The molecule has 3 rings (SSSR count). The van der Waals surface area contributed by atoms with Crippen LogP contribution < -0.4 is 0 Å². The minimum atomic E-state index is 1.25. The molecule has 0 nitrogen and oxygen atoms in total. The maximum absolute atomic E-state index is 3.03. The average Bonchev–Trinajstić information content (AvgIpc) is 2.95. The molecular formula is C16H11S2. The predicted octanol–water partition coefficient (Wildman–Crippen LogP) is 5.37. The quantitative estimate of drug-likeness (QED) is 0.615. The van der Waals surface area contributed by atoms with Gasteiger partial charge in [0.1, 0.15) is 0 Å². The van der Waals surface area contributed by atoms with Gasteiger partial charge in [-0.15, -0.1) is 0 Å². The van der Waals surface area contributed by atoms with E-state index in [0.29, 0.717) is 0 Å². The van der Waals surface area contributed by atoms with Crippen LogP contribution in [0, 0.1) is 6.07 Å². The van der Waals surface area contributed by atoms with Crippen molar-refractivity contribution in [3.8, 4) is 11.1 Å². The molecule has 0 bridgehead atoms. The molecule has 1 aromatic heterocycles. The Morgan fingerprint density at radius 2 is 1.50 bits per heavy atom. The average molecular weight is 267 g/mol. The molecule has 0 atom stereocenters. The van der Waals surface area contributed by atoms with Crippen LogP contribution >= 0.6 is 23.1 Å². The van der Waals surface area contributed by atoms with Crippen LogP contribution in [0.1, 0.15) is 0 Å². The summed E-state index contributed by atoms with van der Waals surface area (Å²) in [5, 5.41) is 4.29. The third kappa shape index (κ3) is 2.66. The first kappa shape index (κ1) is 11.6. The Labute approximate surface area is 115 Å². The first-order valence-electron chi connectivity index (χ1n) is 5.68. The minimum absolute atomic E-state index is 1.25. The van der Waals surface area contributed by atoms with E-state index >= 15 is 0 Å². The maximum atomic E-state index is 3.03.